The standard InChI is InChI=1S/C21H23N3O6S/c25-10-4-3-9-16(21(29)30)22-18(26)17(12-13-6-5-11-31-13)23-24-19(27)14-7-1-2-8-15(14)20(24)28/h1-2,5-8,11,16-17,23,25H,3-4,9-10,12H2,(H,22,26)(H,29,30)/t16-,17-/m0/s1. The number of hydrazine groups is 1. The number of carboxylic acids is 1. The summed E-state index contributed by atoms with van der Waals surface area (Å²) in [6.45, 7) is -0.0669. The van der Waals surface area contributed by atoms with E-state index < -0.39 is 35.8 Å². The molecule has 2 heterocycles. The van der Waals surface area contributed by atoms with E-state index in [0.29, 0.717) is 12.8 Å². The van der Waals surface area contributed by atoms with Crippen molar-refractivity contribution in [2.45, 2.75) is 37.8 Å². The van der Waals surface area contributed by atoms with Crippen molar-refractivity contribution < 1.29 is 29.4 Å². The summed E-state index contributed by atoms with van der Waals surface area (Å²) in [5, 5.41) is 23.5. The first kappa shape index (κ1) is 22.6. The Morgan fingerprint density at radius 3 is 2.23 bits per heavy atom. The molecule has 0 radical (unpaired) electrons. The Bertz CT molecular complexity index is 927. The van der Waals surface area contributed by atoms with E-state index in [9.17, 15) is 24.3 Å². The average Bonchev–Trinajstić information content (AvgIpc) is 3.35. The van der Waals surface area contributed by atoms with E-state index in [2.05, 4.69) is 10.7 Å². The minimum Gasteiger partial charge on any atom is -0.480 e. The molecule has 1 aromatic carbocycles. The SMILES string of the molecule is O=C(O)[C@H](CCCCO)NC(=O)[C@H](Cc1cccs1)NN1C(=O)c2ccccc2C1=O. The molecular weight excluding hydrogens is 422 g/mol. The molecule has 31 heavy (non-hydrogen) atoms. The van der Waals surface area contributed by atoms with Crippen LogP contribution in [0.25, 0.3) is 0 Å². The number of carbonyl (C=O) groups excluding carboxylic acids is 3. The monoisotopic (exact) mass is 445 g/mol. The van der Waals surface area contributed by atoms with Crippen LogP contribution in [0.5, 0.6) is 0 Å². The molecule has 0 saturated carbocycles. The van der Waals surface area contributed by atoms with Crippen LogP contribution in [0.2, 0.25) is 0 Å². The van der Waals surface area contributed by atoms with Gasteiger partial charge in [0.2, 0.25) is 5.91 Å². The zero-order chi connectivity index (χ0) is 22.4. The van der Waals surface area contributed by atoms with Gasteiger partial charge in [-0.15, -0.1) is 11.3 Å². The lowest BCUT2D eigenvalue weighted by molar-refractivity contribution is -0.142. The summed E-state index contributed by atoms with van der Waals surface area (Å²) in [6, 6.07) is 7.80. The van der Waals surface area contributed by atoms with Crippen LogP contribution in [-0.4, -0.2) is 57.6 Å². The minimum absolute atomic E-state index is 0.0669. The van der Waals surface area contributed by atoms with Gasteiger partial charge in [0.15, 0.2) is 0 Å². The van der Waals surface area contributed by atoms with Gasteiger partial charge in [-0.1, -0.05) is 18.2 Å². The number of amides is 3. The molecule has 1 aliphatic heterocycles. The molecule has 3 amide bonds. The van der Waals surface area contributed by atoms with Crippen LogP contribution in [0.4, 0.5) is 0 Å². The molecule has 0 bridgehead atoms. The summed E-state index contributed by atoms with van der Waals surface area (Å²) >= 11 is 1.41. The summed E-state index contributed by atoms with van der Waals surface area (Å²) in [6.07, 6.45) is 1.17. The maximum absolute atomic E-state index is 13.0. The number of benzene rings is 1. The number of aliphatic hydroxyl groups is 1. The topological polar surface area (TPSA) is 136 Å². The van der Waals surface area contributed by atoms with Crippen LogP contribution in [-0.2, 0) is 16.0 Å². The smallest absolute Gasteiger partial charge is 0.326 e. The second kappa shape index (κ2) is 10.3. The lowest BCUT2D eigenvalue weighted by Gasteiger charge is -2.25. The van der Waals surface area contributed by atoms with E-state index in [1.54, 1.807) is 12.1 Å². The molecule has 164 valence electrons. The summed E-state index contributed by atoms with van der Waals surface area (Å²) in [4.78, 5) is 50.7. The zero-order valence-electron chi connectivity index (χ0n) is 16.6. The number of aliphatic carboxylic acids is 1. The van der Waals surface area contributed by atoms with E-state index >= 15 is 0 Å². The van der Waals surface area contributed by atoms with Crippen LogP contribution in [0.3, 0.4) is 0 Å². The molecule has 3 rings (SSSR count). The van der Waals surface area contributed by atoms with Gasteiger partial charge in [0.25, 0.3) is 11.8 Å². The molecule has 0 unspecified atom stereocenters. The number of fused-ring (bicyclic) bond motifs is 1. The molecule has 1 aromatic heterocycles. The van der Waals surface area contributed by atoms with Gasteiger partial charge < -0.3 is 15.5 Å². The van der Waals surface area contributed by atoms with E-state index in [1.807, 2.05) is 17.5 Å². The molecular formula is C21H23N3O6S. The van der Waals surface area contributed by atoms with E-state index in [0.717, 1.165) is 9.89 Å². The van der Waals surface area contributed by atoms with Crippen LogP contribution in [0, 0.1) is 0 Å². The average molecular weight is 445 g/mol. The second-order valence-corrected chi connectivity index (χ2v) is 8.11. The van der Waals surface area contributed by atoms with Crippen molar-refractivity contribution in [3.05, 3.63) is 57.8 Å². The van der Waals surface area contributed by atoms with Crippen LogP contribution >= 0.6 is 11.3 Å². The summed E-state index contributed by atoms with van der Waals surface area (Å²) in [7, 11) is 0. The number of aliphatic hydroxyl groups excluding tert-OH is 1. The highest BCUT2D eigenvalue weighted by molar-refractivity contribution is 7.09. The molecule has 2 aromatic rings. The van der Waals surface area contributed by atoms with E-state index in [-0.39, 0.29) is 30.6 Å². The predicted octanol–water partition coefficient (Wildman–Crippen LogP) is 1.19. The highest BCUT2D eigenvalue weighted by atomic mass is 32.1. The first-order valence-electron chi connectivity index (χ1n) is 9.82. The van der Waals surface area contributed by atoms with Gasteiger partial charge in [-0.25, -0.2) is 15.2 Å². The van der Waals surface area contributed by atoms with Gasteiger partial charge in [0, 0.05) is 17.9 Å². The number of imide groups is 1. The number of rotatable bonds is 11. The van der Waals surface area contributed by atoms with Gasteiger partial charge in [0.1, 0.15) is 12.1 Å². The van der Waals surface area contributed by atoms with Gasteiger partial charge in [-0.3, -0.25) is 14.4 Å². The van der Waals surface area contributed by atoms with E-state index in [1.165, 1.54) is 23.5 Å². The summed E-state index contributed by atoms with van der Waals surface area (Å²) in [5.74, 6) is -2.96. The third-order valence-electron chi connectivity index (χ3n) is 4.90. The van der Waals surface area contributed by atoms with Crippen molar-refractivity contribution >= 4 is 35.0 Å². The van der Waals surface area contributed by atoms with Crippen molar-refractivity contribution in [3.63, 3.8) is 0 Å². The summed E-state index contributed by atoms with van der Waals surface area (Å²) in [5.41, 5.74) is 3.19. The Balaban J connectivity index is 1.77. The number of nitrogens with zero attached hydrogens (tertiary/aromatic N) is 1. The van der Waals surface area contributed by atoms with Crippen LogP contribution in [0.1, 0.15) is 44.9 Å². The normalized spacial score (nSPS) is 14.9. The Morgan fingerprint density at radius 2 is 1.68 bits per heavy atom. The minimum atomic E-state index is -1.19. The highest BCUT2D eigenvalue weighted by Gasteiger charge is 2.38. The molecule has 0 saturated heterocycles. The molecule has 10 heteroatoms. The molecule has 2 atom stereocenters. The molecule has 0 aliphatic carbocycles. The number of unbranched alkanes of at least 4 members (excludes halogenated alkanes) is 1. The summed E-state index contributed by atoms with van der Waals surface area (Å²) < 4.78 is 0. The number of carboxylic acid groups (broad SMARTS) is 1. The highest BCUT2D eigenvalue weighted by Crippen LogP contribution is 2.22. The number of hydrogen-bond acceptors (Lipinski definition) is 7. The first-order chi connectivity index (χ1) is 14.9. The Kier molecular flexibility index (Phi) is 7.50. The maximum Gasteiger partial charge on any atom is 0.326 e. The molecule has 0 spiro atoms. The number of carbonyl (C=O) groups is 4. The fourth-order valence-electron chi connectivity index (χ4n) is 3.28. The van der Waals surface area contributed by atoms with Crippen molar-refractivity contribution in [3.8, 4) is 0 Å². The lowest BCUT2D eigenvalue weighted by atomic mass is 10.1. The quantitative estimate of drug-likeness (QED) is 0.301. The fraction of sp³-hybridized carbons (Fsp3) is 0.333. The fourth-order valence-corrected chi connectivity index (χ4v) is 4.03. The van der Waals surface area contributed by atoms with Gasteiger partial charge in [-0.2, -0.15) is 0 Å². The van der Waals surface area contributed by atoms with Crippen molar-refractivity contribution in [2.75, 3.05) is 6.61 Å². The molecule has 1 aliphatic rings. The second-order valence-electron chi connectivity index (χ2n) is 7.08. The molecule has 4 N–H and O–H groups in total. The van der Waals surface area contributed by atoms with Gasteiger partial charge >= 0.3 is 5.97 Å². The lowest BCUT2D eigenvalue weighted by Crippen LogP contribution is -2.57. The number of hydrogen-bond donors (Lipinski definition) is 4. The van der Waals surface area contributed by atoms with Crippen LogP contribution < -0.4 is 10.7 Å². The molecule has 0 fully saturated rings. The maximum atomic E-state index is 13.0. The Hall–Kier alpha value is -3.08. The Labute approximate surface area is 182 Å². The predicted molar refractivity (Wildman–Crippen MR) is 112 cm³/mol. The third-order valence-corrected chi connectivity index (χ3v) is 5.80. The van der Waals surface area contributed by atoms with Crippen LogP contribution in [0.15, 0.2) is 41.8 Å². The number of thiophene rings is 1. The van der Waals surface area contributed by atoms with Crippen molar-refractivity contribution in [2.24, 2.45) is 0 Å². The molecule has 9 nitrogen and oxygen atoms in total. The number of nitrogens with one attached hydrogen (secondary N) is 2. The van der Waals surface area contributed by atoms with Crippen molar-refractivity contribution in [1.82, 2.24) is 15.8 Å². The zero-order valence-corrected chi connectivity index (χ0v) is 17.4. The first-order valence-corrected chi connectivity index (χ1v) is 10.7. The van der Waals surface area contributed by atoms with Crippen molar-refractivity contribution in [1.29, 1.82) is 0 Å². The van der Waals surface area contributed by atoms with Gasteiger partial charge in [0.05, 0.1) is 11.1 Å². The largest absolute Gasteiger partial charge is 0.480 e. The van der Waals surface area contributed by atoms with Gasteiger partial charge in [-0.05, 0) is 42.8 Å². The Morgan fingerprint density at radius 1 is 1.00 bits per heavy atom. The third kappa shape index (κ3) is 5.35. The van der Waals surface area contributed by atoms with E-state index in [4.69, 9.17) is 5.11 Å².